The molecule has 0 aliphatic heterocycles. The third-order valence-electron chi connectivity index (χ3n) is 4.13. The van der Waals surface area contributed by atoms with Crippen molar-refractivity contribution in [1.82, 2.24) is 0 Å². The molecule has 2 heteroatoms. The highest BCUT2D eigenvalue weighted by Crippen LogP contribution is 2.22. The standard InChI is InChI=1S/C22H24N2/c1-17-7-11-19(12-8-17)15-23-21-5-3-4-6-22(21)24-16-20-13-9-18(2)10-14-20/h3-14,23-24H,15-16H2,1-2H3. The summed E-state index contributed by atoms with van der Waals surface area (Å²) in [6, 6.07) is 25.7. The molecule has 0 amide bonds. The fraction of sp³-hybridized carbons (Fsp3) is 0.182. The smallest absolute Gasteiger partial charge is 0.0578 e. The summed E-state index contributed by atoms with van der Waals surface area (Å²) in [4.78, 5) is 0. The van der Waals surface area contributed by atoms with Gasteiger partial charge in [-0.1, -0.05) is 71.8 Å². The summed E-state index contributed by atoms with van der Waals surface area (Å²) in [5.74, 6) is 0. The fourth-order valence-corrected chi connectivity index (χ4v) is 2.60. The van der Waals surface area contributed by atoms with Gasteiger partial charge in [0.2, 0.25) is 0 Å². The Kier molecular flexibility index (Phi) is 5.17. The van der Waals surface area contributed by atoms with Crippen molar-refractivity contribution in [1.29, 1.82) is 0 Å². The summed E-state index contributed by atoms with van der Waals surface area (Å²) >= 11 is 0. The van der Waals surface area contributed by atoms with Crippen LogP contribution in [-0.4, -0.2) is 0 Å². The molecule has 0 spiro atoms. The molecule has 0 unspecified atom stereocenters. The third-order valence-corrected chi connectivity index (χ3v) is 4.13. The van der Waals surface area contributed by atoms with Crippen LogP contribution in [0.3, 0.4) is 0 Å². The molecular weight excluding hydrogens is 292 g/mol. The highest BCUT2D eigenvalue weighted by molar-refractivity contribution is 5.68. The van der Waals surface area contributed by atoms with Gasteiger partial charge in [-0.15, -0.1) is 0 Å². The maximum Gasteiger partial charge on any atom is 0.0578 e. The van der Waals surface area contributed by atoms with Crippen LogP contribution in [0.1, 0.15) is 22.3 Å². The molecule has 0 heterocycles. The highest BCUT2D eigenvalue weighted by atomic mass is 14.9. The van der Waals surface area contributed by atoms with Crippen molar-refractivity contribution < 1.29 is 0 Å². The van der Waals surface area contributed by atoms with Gasteiger partial charge < -0.3 is 10.6 Å². The van der Waals surface area contributed by atoms with Crippen LogP contribution < -0.4 is 10.6 Å². The summed E-state index contributed by atoms with van der Waals surface area (Å²) in [5.41, 5.74) is 7.41. The quantitative estimate of drug-likeness (QED) is 0.625. The van der Waals surface area contributed by atoms with E-state index in [0.717, 1.165) is 24.5 Å². The number of nitrogens with one attached hydrogen (secondary N) is 2. The van der Waals surface area contributed by atoms with Crippen LogP contribution >= 0.6 is 0 Å². The molecule has 0 radical (unpaired) electrons. The summed E-state index contributed by atoms with van der Waals surface area (Å²) in [6.07, 6.45) is 0. The molecule has 0 aliphatic rings. The zero-order valence-corrected chi connectivity index (χ0v) is 14.3. The number of aryl methyl sites for hydroxylation is 2. The van der Waals surface area contributed by atoms with E-state index in [1.807, 2.05) is 0 Å². The van der Waals surface area contributed by atoms with Gasteiger partial charge in [0.15, 0.2) is 0 Å². The van der Waals surface area contributed by atoms with Crippen LogP contribution in [0.2, 0.25) is 0 Å². The Morgan fingerprint density at radius 3 is 1.29 bits per heavy atom. The monoisotopic (exact) mass is 316 g/mol. The minimum atomic E-state index is 0.823. The number of benzene rings is 3. The van der Waals surface area contributed by atoms with Gasteiger partial charge in [0.25, 0.3) is 0 Å². The van der Waals surface area contributed by atoms with Crippen LogP contribution in [0.15, 0.2) is 72.8 Å². The second kappa shape index (κ2) is 7.69. The first-order valence-corrected chi connectivity index (χ1v) is 8.38. The summed E-state index contributed by atoms with van der Waals surface area (Å²) < 4.78 is 0. The van der Waals surface area contributed by atoms with E-state index in [-0.39, 0.29) is 0 Å². The van der Waals surface area contributed by atoms with Gasteiger partial charge in [-0.2, -0.15) is 0 Å². The van der Waals surface area contributed by atoms with E-state index in [4.69, 9.17) is 0 Å². The number of hydrogen-bond acceptors (Lipinski definition) is 2. The molecule has 0 aromatic heterocycles. The van der Waals surface area contributed by atoms with Crippen LogP contribution in [0, 0.1) is 13.8 Å². The van der Waals surface area contributed by atoms with Crippen LogP contribution in [0.5, 0.6) is 0 Å². The van der Waals surface area contributed by atoms with Gasteiger partial charge >= 0.3 is 0 Å². The summed E-state index contributed by atoms with van der Waals surface area (Å²) in [7, 11) is 0. The molecule has 0 aliphatic carbocycles. The molecule has 2 N–H and O–H groups in total. The average Bonchev–Trinajstić information content (AvgIpc) is 2.61. The lowest BCUT2D eigenvalue weighted by Gasteiger charge is -2.14. The minimum absolute atomic E-state index is 0.823. The molecule has 3 rings (SSSR count). The van der Waals surface area contributed by atoms with E-state index >= 15 is 0 Å². The second-order valence-corrected chi connectivity index (χ2v) is 6.22. The van der Waals surface area contributed by atoms with Crippen molar-refractivity contribution >= 4 is 11.4 Å². The van der Waals surface area contributed by atoms with Crippen LogP contribution in [0.4, 0.5) is 11.4 Å². The minimum Gasteiger partial charge on any atom is -0.379 e. The summed E-state index contributed by atoms with van der Waals surface area (Å²) in [5, 5.41) is 7.06. The average molecular weight is 316 g/mol. The van der Waals surface area contributed by atoms with Gasteiger partial charge in [0.1, 0.15) is 0 Å². The van der Waals surface area contributed by atoms with Crippen LogP contribution in [-0.2, 0) is 13.1 Å². The number of rotatable bonds is 6. The van der Waals surface area contributed by atoms with Gasteiger partial charge in [-0.25, -0.2) is 0 Å². The van der Waals surface area contributed by atoms with Gasteiger partial charge in [-0.05, 0) is 37.1 Å². The molecule has 0 fully saturated rings. The maximum atomic E-state index is 3.53. The Morgan fingerprint density at radius 2 is 0.917 bits per heavy atom. The van der Waals surface area contributed by atoms with Gasteiger partial charge in [0.05, 0.1) is 11.4 Å². The van der Waals surface area contributed by atoms with Crippen molar-refractivity contribution in [3.8, 4) is 0 Å². The number of anilines is 2. The SMILES string of the molecule is Cc1ccc(CNc2ccccc2NCc2ccc(C)cc2)cc1. The second-order valence-electron chi connectivity index (χ2n) is 6.22. The molecule has 0 bridgehead atoms. The zero-order valence-electron chi connectivity index (χ0n) is 14.3. The molecule has 0 atom stereocenters. The topological polar surface area (TPSA) is 24.1 Å². The Balaban J connectivity index is 1.64. The highest BCUT2D eigenvalue weighted by Gasteiger charge is 2.02. The molecule has 3 aromatic carbocycles. The number of para-hydroxylation sites is 2. The van der Waals surface area contributed by atoms with E-state index in [1.165, 1.54) is 22.3 Å². The maximum absolute atomic E-state index is 3.53. The molecule has 24 heavy (non-hydrogen) atoms. The molecule has 0 saturated heterocycles. The van der Waals surface area contributed by atoms with E-state index in [0.29, 0.717) is 0 Å². The normalized spacial score (nSPS) is 10.4. The number of hydrogen-bond donors (Lipinski definition) is 2. The Bertz CT molecular complexity index is 705. The molecule has 2 nitrogen and oxygen atoms in total. The summed E-state index contributed by atoms with van der Waals surface area (Å²) in [6.45, 7) is 5.87. The van der Waals surface area contributed by atoms with Crippen molar-refractivity contribution in [3.63, 3.8) is 0 Å². The first-order chi connectivity index (χ1) is 11.7. The molecule has 0 saturated carbocycles. The Hall–Kier alpha value is -2.74. The van der Waals surface area contributed by atoms with Crippen molar-refractivity contribution in [2.75, 3.05) is 10.6 Å². The zero-order chi connectivity index (χ0) is 16.8. The fourth-order valence-electron chi connectivity index (χ4n) is 2.60. The lowest BCUT2D eigenvalue weighted by molar-refractivity contribution is 1.12. The van der Waals surface area contributed by atoms with Crippen molar-refractivity contribution in [3.05, 3.63) is 95.1 Å². The van der Waals surface area contributed by atoms with Crippen molar-refractivity contribution in [2.24, 2.45) is 0 Å². The van der Waals surface area contributed by atoms with Gasteiger partial charge in [-0.3, -0.25) is 0 Å². The van der Waals surface area contributed by atoms with Gasteiger partial charge in [0, 0.05) is 13.1 Å². The van der Waals surface area contributed by atoms with Crippen molar-refractivity contribution in [2.45, 2.75) is 26.9 Å². The predicted molar refractivity (Wildman–Crippen MR) is 103 cm³/mol. The molecule has 122 valence electrons. The van der Waals surface area contributed by atoms with E-state index in [9.17, 15) is 0 Å². The lowest BCUT2D eigenvalue weighted by Crippen LogP contribution is -2.05. The van der Waals surface area contributed by atoms with Crippen LogP contribution in [0.25, 0.3) is 0 Å². The van der Waals surface area contributed by atoms with E-state index in [1.54, 1.807) is 0 Å². The first kappa shape index (κ1) is 16.1. The Labute approximate surface area is 144 Å². The lowest BCUT2D eigenvalue weighted by atomic mass is 10.1. The molecule has 3 aromatic rings. The third kappa shape index (κ3) is 4.39. The molecular formula is C22H24N2. The predicted octanol–water partition coefficient (Wildman–Crippen LogP) is 5.53. The van der Waals surface area contributed by atoms with E-state index < -0.39 is 0 Å². The largest absolute Gasteiger partial charge is 0.379 e. The van der Waals surface area contributed by atoms with E-state index in [2.05, 4.69) is 97.3 Å². The Morgan fingerprint density at radius 1 is 0.542 bits per heavy atom. The first-order valence-electron chi connectivity index (χ1n) is 8.38.